The summed E-state index contributed by atoms with van der Waals surface area (Å²) in [7, 11) is 0. The van der Waals surface area contributed by atoms with Crippen molar-refractivity contribution in [3.63, 3.8) is 0 Å². The van der Waals surface area contributed by atoms with Gasteiger partial charge in [-0.3, -0.25) is 0 Å². The lowest BCUT2D eigenvalue weighted by molar-refractivity contribution is 0.501. The van der Waals surface area contributed by atoms with Gasteiger partial charge in [0.25, 0.3) is 0 Å². The maximum Gasteiger partial charge on any atom is 0.163 e. The number of rotatable bonds is 3. The van der Waals surface area contributed by atoms with Gasteiger partial charge < -0.3 is 0 Å². The van der Waals surface area contributed by atoms with Gasteiger partial charge in [-0.05, 0) is 18.1 Å². The molecule has 0 fully saturated rings. The summed E-state index contributed by atoms with van der Waals surface area (Å²) in [4.78, 5) is 0. The molecule has 0 radical (unpaired) electrons. The Hall–Kier alpha value is 0.0400. The number of hydrogen-bond acceptors (Lipinski definition) is 0. The summed E-state index contributed by atoms with van der Waals surface area (Å²) in [6, 6.07) is 2.79. The summed E-state index contributed by atoms with van der Waals surface area (Å²) in [5, 5.41) is 1.09. The van der Waals surface area contributed by atoms with Crippen molar-refractivity contribution in [1.29, 1.82) is 0 Å². The maximum atomic E-state index is 13.2. The molecule has 0 amide bonds. The van der Waals surface area contributed by atoms with Crippen LogP contribution in [-0.4, -0.2) is 5.33 Å². The van der Waals surface area contributed by atoms with Crippen LogP contribution in [0.4, 0.5) is 8.78 Å². The number of alkyl halides is 2. The highest BCUT2D eigenvalue weighted by Gasteiger charge is 2.11. The largest absolute Gasteiger partial charge is 0.204 e. The van der Waals surface area contributed by atoms with Crippen LogP contribution in [0.25, 0.3) is 0 Å². The highest BCUT2D eigenvalue weighted by atomic mass is 79.9. The van der Waals surface area contributed by atoms with Crippen molar-refractivity contribution in [2.75, 3.05) is 5.33 Å². The number of halogens is 4. The van der Waals surface area contributed by atoms with E-state index in [2.05, 4.69) is 31.9 Å². The van der Waals surface area contributed by atoms with Crippen LogP contribution in [0.2, 0.25) is 0 Å². The third kappa shape index (κ3) is 2.50. The van der Waals surface area contributed by atoms with Gasteiger partial charge in [0.15, 0.2) is 11.6 Å². The van der Waals surface area contributed by atoms with E-state index < -0.39 is 11.6 Å². The minimum atomic E-state index is -0.784. The predicted molar refractivity (Wildman–Crippen MR) is 56.5 cm³/mol. The van der Waals surface area contributed by atoms with Gasteiger partial charge in [-0.15, -0.1) is 0 Å². The number of aryl methyl sites for hydroxylation is 1. The minimum absolute atomic E-state index is 0.346. The molecule has 0 spiro atoms. The molecule has 0 aliphatic carbocycles. The molecule has 1 aromatic carbocycles. The quantitative estimate of drug-likeness (QED) is 0.745. The Bertz CT molecular complexity index is 300. The molecule has 0 N–H and O–H groups in total. The van der Waals surface area contributed by atoms with Crippen LogP contribution in [0.3, 0.4) is 0 Å². The van der Waals surface area contributed by atoms with Gasteiger partial charge >= 0.3 is 0 Å². The van der Waals surface area contributed by atoms with E-state index in [9.17, 15) is 8.78 Å². The average molecular weight is 314 g/mol. The lowest BCUT2D eigenvalue weighted by Gasteiger charge is -2.06. The second-order valence-electron chi connectivity index (χ2n) is 2.57. The smallest absolute Gasteiger partial charge is 0.163 e. The van der Waals surface area contributed by atoms with Crippen LogP contribution in [-0.2, 0) is 11.8 Å². The third-order valence-electron chi connectivity index (χ3n) is 1.79. The first-order valence-electron chi connectivity index (χ1n) is 3.78. The highest BCUT2D eigenvalue weighted by molar-refractivity contribution is 9.09. The normalized spacial score (nSPS) is 10.5. The molecule has 0 aliphatic rings. The lowest BCUT2D eigenvalue weighted by Crippen LogP contribution is -1.99. The summed E-state index contributed by atoms with van der Waals surface area (Å²) in [6.45, 7) is 0. The van der Waals surface area contributed by atoms with Crippen LogP contribution in [0.5, 0.6) is 0 Å². The van der Waals surface area contributed by atoms with Crippen LogP contribution < -0.4 is 0 Å². The first-order chi connectivity index (χ1) is 6.20. The molecule has 0 saturated heterocycles. The summed E-state index contributed by atoms with van der Waals surface area (Å²) in [6.07, 6.45) is 0.706. The molecule has 0 aromatic heterocycles. The Morgan fingerprint density at radius 3 is 2.38 bits per heavy atom. The lowest BCUT2D eigenvalue weighted by atomic mass is 10.1. The van der Waals surface area contributed by atoms with Gasteiger partial charge in [-0.2, -0.15) is 0 Å². The Kier molecular flexibility index (Phi) is 4.32. The van der Waals surface area contributed by atoms with E-state index in [-0.39, 0.29) is 0 Å². The first kappa shape index (κ1) is 11.1. The van der Waals surface area contributed by atoms with Gasteiger partial charge in [0.05, 0.1) is 0 Å². The fraction of sp³-hybridized carbons (Fsp3) is 0.333. The molecule has 0 nitrogen and oxygen atoms in total. The molecule has 0 atom stereocenters. The molecular formula is C9H8Br2F2. The molecule has 1 rings (SSSR count). The Balaban J connectivity index is 3.13. The van der Waals surface area contributed by atoms with Crippen molar-refractivity contribution < 1.29 is 8.78 Å². The summed E-state index contributed by atoms with van der Waals surface area (Å²) in [5.74, 6) is -1.52. The Morgan fingerprint density at radius 1 is 1.15 bits per heavy atom. The van der Waals surface area contributed by atoms with Crippen LogP contribution in [0.15, 0.2) is 12.1 Å². The molecule has 1 aromatic rings. The molecule has 0 bridgehead atoms. The van der Waals surface area contributed by atoms with Crippen molar-refractivity contribution in [2.45, 2.75) is 11.8 Å². The molecule has 4 heteroatoms. The van der Waals surface area contributed by atoms with Crippen molar-refractivity contribution >= 4 is 31.9 Å². The highest BCUT2D eigenvalue weighted by Crippen LogP contribution is 2.20. The molecule has 0 heterocycles. The third-order valence-corrected chi connectivity index (χ3v) is 2.75. The van der Waals surface area contributed by atoms with E-state index in [1.807, 2.05) is 0 Å². The zero-order chi connectivity index (χ0) is 9.84. The summed E-state index contributed by atoms with van der Waals surface area (Å²) < 4.78 is 25.9. The van der Waals surface area contributed by atoms with Crippen molar-refractivity contribution in [3.8, 4) is 0 Å². The van der Waals surface area contributed by atoms with E-state index in [4.69, 9.17) is 0 Å². The second kappa shape index (κ2) is 5.05. The summed E-state index contributed by atoms with van der Waals surface area (Å²) >= 11 is 6.40. The fourth-order valence-corrected chi connectivity index (χ4v) is 2.15. The van der Waals surface area contributed by atoms with Crippen molar-refractivity contribution in [2.24, 2.45) is 0 Å². The standard InChI is InChI=1S/C9H8Br2F2/c10-4-3-6-1-2-8(12)9(13)7(6)5-11/h1-2H,3-5H2. The van der Waals surface area contributed by atoms with E-state index >= 15 is 0 Å². The zero-order valence-electron chi connectivity index (χ0n) is 6.79. The van der Waals surface area contributed by atoms with Gasteiger partial charge in [-0.25, -0.2) is 8.78 Å². The zero-order valence-corrected chi connectivity index (χ0v) is 9.96. The topological polar surface area (TPSA) is 0 Å². The molecule has 0 unspecified atom stereocenters. The Morgan fingerprint density at radius 2 is 1.85 bits per heavy atom. The van der Waals surface area contributed by atoms with Gasteiger partial charge in [-0.1, -0.05) is 37.9 Å². The molecular weight excluding hydrogens is 306 g/mol. The predicted octanol–water partition coefficient (Wildman–Crippen LogP) is 3.80. The van der Waals surface area contributed by atoms with Gasteiger partial charge in [0, 0.05) is 16.2 Å². The van der Waals surface area contributed by atoms with Crippen LogP contribution in [0.1, 0.15) is 11.1 Å². The first-order valence-corrected chi connectivity index (χ1v) is 6.02. The number of hydrogen-bond donors (Lipinski definition) is 0. The summed E-state index contributed by atoms with van der Waals surface area (Å²) in [5.41, 5.74) is 1.26. The van der Waals surface area contributed by atoms with Gasteiger partial charge in [0.1, 0.15) is 0 Å². The van der Waals surface area contributed by atoms with E-state index in [0.29, 0.717) is 17.3 Å². The maximum absolute atomic E-state index is 13.2. The monoisotopic (exact) mass is 312 g/mol. The van der Waals surface area contributed by atoms with Crippen LogP contribution >= 0.6 is 31.9 Å². The van der Waals surface area contributed by atoms with Gasteiger partial charge in [0.2, 0.25) is 0 Å². The fourth-order valence-electron chi connectivity index (χ4n) is 1.11. The molecule has 0 aliphatic heterocycles. The molecule has 0 saturated carbocycles. The second-order valence-corrected chi connectivity index (χ2v) is 3.93. The van der Waals surface area contributed by atoms with Crippen molar-refractivity contribution in [1.82, 2.24) is 0 Å². The average Bonchev–Trinajstić information content (AvgIpc) is 2.12. The minimum Gasteiger partial charge on any atom is -0.204 e. The SMILES string of the molecule is Fc1ccc(CCBr)c(CBr)c1F. The Labute approximate surface area is 92.6 Å². The number of benzene rings is 1. The molecule has 72 valence electrons. The van der Waals surface area contributed by atoms with E-state index in [1.165, 1.54) is 6.07 Å². The van der Waals surface area contributed by atoms with E-state index in [1.54, 1.807) is 6.07 Å². The van der Waals surface area contributed by atoms with Crippen LogP contribution in [0, 0.1) is 11.6 Å². The molecule has 13 heavy (non-hydrogen) atoms. The van der Waals surface area contributed by atoms with Crippen molar-refractivity contribution in [3.05, 3.63) is 34.9 Å². The van der Waals surface area contributed by atoms with E-state index in [0.717, 1.165) is 10.9 Å².